The van der Waals surface area contributed by atoms with Crippen LogP contribution in [0, 0.1) is 0 Å². The first-order valence-corrected chi connectivity index (χ1v) is 6.88. The van der Waals surface area contributed by atoms with Gasteiger partial charge in [0.1, 0.15) is 11.5 Å². The van der Waals surface area contributed by atoms with Crippen molar-refractivity contribution in [1.29, 1.82) is 0 Å². The van der Waals surface area contributed by atoms with E-state index in [0.717, 1.165) is 11.8 Å². The first-order chi connectivity index (χ1) is 9.40. The molecule has 2 aromatic carbocycles. The van der Waals surface area contributed by atoms with Crippen LogP contribution in [-0.2, 0) is 0 Å². The van der Waals surface area contributed by atoms with Gasteiger partial charge in [-0.3, -0.25) is 0 Å². The van der Waals surface area contributed by atoms with E-state index < -0.39 is 5.97 Å². The molecule has 0 heterocycles. The molecule has 0 saturated heterocycles. The zero-order valence-corrected chi connectivity index (χ0v) is 12.1. The number of hydrogen-bond donors (Lipinski definition) is 3. The van der Waals surface area contributed by atoms with Crippen LogP contribution in [0.25, 0.3) is 0 Å². The molecule has 0 fully saturated rings. The molecule has 0 aliphatic heterocycles. The Morgan fingerprint density at radius 3 is 2.35 bits per heavy atom. The number of carboxylic acids is 1. The van der Waals surface area contributed by atoms with E-state index in [0.29, 0.717) is 9.92 Å². The van der Waals surface area contributed by atoms with E-state index in [9.17, 15) is 20.1 Å². The quantitative estimate of drug-likeness (QED) is 0.783. The van der Waals surface area contributed by atoms with Crippen LogP contribution in [-0.4, -0.2) is 21.3 Å². The second-order valence-electron chi connectivity index (χ2n) is 3.79. The zero-order chi connectivity index (χ0) is 14.9. The molecule has 7 heteroatoms. The summed E-state index contributed by atoms with van der Waals surface area (Å²) in [5.74, 6) is -1.58. The highest BCUT2D eigenvalue weighted by molar-refractivity contribution is 7.99. The number of phenolic OH excluding ortho intramolecular Hbond substituents is 2. The van der Waals surface area contributed by atoms with Gasteiger partial charge in [0.2, 0.25) is 0 Å². The molecule has 0 atom stereocenters. The number of benzene rings is 2. The van der Waals surface area contributed by atoms with Gasteiger partial charge in [-0.15, -0.1) is 0 Å². The predicted molar refractivity (Wildman–Crippen MR) is 77.3 cm³/mol. The maximum Gasteiger partial charge on any atom is 0.338 e. The Labute approximate surface area is 128 Å². The standard InChI is InChI=1S/C13H8Cl2O4S/c14-6-1-3-8(16)10(5-6)20-12-9(17)4-2-7(15)11(12)13(18)19/h1-5,16-17H,(H,18,19). The highest BCUT2D eigenvalue weighted by Crippen LogP contribution is 2.43. The number of carboxylic acid groups (broad SMARTS) is 1. The number of halogens is 2. The third-order valence-corrected chi connectivity index (χ3v) is 4.15. The lowest BCUT2D eigenvalue weighted by Crippen LogP contribution is -2.00. The van der Waals surface area contributed by atoms with Crippen LogP contribution in [0.1, 0.15) is 10.4 Å². The third-order valence-electron chi connectivity index (χ3n) is 2.43. The van der Waals surface area contributed by atoms with Crippen LogP contribution < -0.4 is 0 Å². The number of hydrogen-bond acceptors (Lipinski definition) is 4. The van der Waals surface area contributed by atoms with Crippen LogP contribution in [0.2, 0.25) is 10.0 Å². The van der Waals surface area contributed by atoms with Crippen molar-refractivity contribution < 1.29 is 20.1 Å². The molecule has 3 N–H and O–H groups in total. The minimum absolute atomic E-state index is 0.000632. The summed E-state index contributed by atoms with van der Waals surface area (Å²) < 4.78 is 0. The third kappa shape index (κ3) is 2.95. The second kappa shape index (κ2) is 5.83. The average molecular weight is 331 g/mol. The summed E-state index contributed by atoms with van der Waals surface area (Å²) in [5.41, 5.74) is -0.226. The fourth-order valence-electron chi connectivity index (χ4n) is 1.53. The molecule has 2 aromatic rings. The van der Waals surface area contributed by atoms with Crippen LogP contribution in [0.15, 0.2) is 40.1 Å². The van der Waals surface area contributed by atoms with Crippen molar-refractivity contribution in [2.75, 3.05) is 0 Å². The molecule has 0 radical (unpaired) electrons. The van der Waals surface area contributed by atoms with E-state index in [2.05, 4.69) is 0 Å². The molecule has 0 bridgehead atoms. The Morgan fingerprint density at radius 2 is 1.70 bits per heavy atom. The smallest absolute Gasteiger partial charge is 0.338 e. The number of phenols is 2. The lowest BCUT2D eigenvalue weighted by Gasteiger charge is -2.11. The topological polar surface area (TPSA) is 77.8 Å². The van der Waals surface area contributed by atoms with E-state index in [1.165, 1.54) is 30.3 Å². The molecule has 0 unspecified atom stereocenters. The van der Waals surface area contributed by atoms with Gasteiger partial charge in [0, 0.05) is 5.02 Å². The van der Waals surface area contributed by atoms with Gasteiger partial charge >= 0.3 is 5.97 Å². The van der Waals surface area contributed by atoms with Crippen LogP contribution in [0.5, 0.6) is 11.5 Å². The van der Waals surface area contributed by atoms with Crippen molar-refractivity contribution in [2.24, 2.45) is 0 Å². The van der Waals surface area contributed by atoms with E-state index in [4.69, 9.17) is 23.2 Å². The average Bonchev–Trinajstić information content (AvgIpc) is 2.37. The lowest BCUT2D eigenvalue weighted by molar-refractivity contribution is 0.0692. The molecule has 104 valence electrons. The fourth-order valence-corrected chi connectivity index (χ4v) is 3.11. The maximum atomic E-state index is 11.2. The van der Waals surface area contributed by atoms with Gasteiger partial charge in [-0.05, 0) is 30.3 Å². The van der Waals surface area contributed by atoms with Gasteiger partial charge in [0.25, 0.3) is 0 Å². The summed E-state index contributed by atoms with van der Waals surface area (Å²) in [4.78, 5) is 11.6. The molecule has 0 aliphatic carbocycles. The Hall–Kier alpha value is -1.56. The van der Waals surface area contributed by atoms with Crippen molar-refractivity contribution in [3.8, 4) is 11.5 Å². The molecule has 2 rings (SSSR count). The maximum absolute atomic E-state index is 11.2. The highest BCUT2D eigenvalue weighted by Gasteiger charge is 2.20. The number of carbonyl (C=O) groups is 1. The largest absolute Gasteiger partial charge is 0.507 e. The van der Waals surface area contributed by atoms with Gasteiger partial charge < -0.3 is 15.3 Å². The molecule has 20 heavy (non-hydrogen) atoms. The minimum atomic E-state index is -1.27. The number of aromatic hydroxyl groups is 2. The van der Waals surface area contributed by atoms with Gasteiger partial charge in [-0.2, -0.15) is 0 Å². The van der Waals surface area contributed by atoms with Crippen LogP contribution in [0.3, 0.4) is 0 Å². The summed E-state index contributed by atoms with van der Waals surface area (Å²) >= 11 is 12.5. The summed E-state index contributed by atoms with van der Waals surface area (Å²) in [6, 6.07) is 6.93. The molecular weight excluding hydrogens is 323 g/mol. The highest BCUT2D eigenvalue weighted by atomic mass is 35.5. The van der Waals surface area contributed by atoms with Crippen molar-refractivity contribution in [2.45, 2.75) is 9.79 Å². The van der Waals surface area contributed by atoms with Crippen LogP contribution in [0.4, 0.5) is 0 Å². The van der Waals surface area contributed by atoms with Gasteiger partial charge in [0.15, 0.2) is 0 Å². The van der Waals surface area contributed by atoms with E-state index in [1.807, 2.05) is 0 Å². The second-order valence-corrected chi connectivity index (χ2v) is 5.69. The van der Waals surface area contributed by atoms with E-state index in [1.54, 1.807) is 0 Å². The van der Waals surface area contributed by atoms with Gasteiger partial charge in [0.05, 0.1) is 20.4 Å². The van der Waals surface area contributed by atoms with E-state index >= 15 is 0 Å². The van der Waals surface area contributed by atoms with Crippen molar-refractivity contribution >= 4 is 40.9 Å². The predicted octanol–water partition coefficient (Wildman–Crippen LogP) is 4.25. The Balaban J connectivity index is 2.56. The number of aromatic carboxylic acids is 1. The Kier molecular flexibility index (Phi) is 4.32. The Morgan fingerprint density at radius 1 is 1.05 bits per heavy atom. The summed E-state index contributed by atoms with van der Waals surface area (Å²) in [5, 5.41) is 29.1. The summed E-state index contributed by atoms with van der Waals surface area (Å²) in [6.07, 6.45) is 0. The number of rotatable bonds is 3. The monoisotopic (exact) mass is 330 g/mol. The van der Waals surface area contributed by atoms with Crippen molar-refractivity contribution in [3.63, 3.8) is 0 Å². The SMILES string of the molecule is O=C(O)c1c(Cl)ccc(O)c1Sc1cc(Cl)ccc1O. The lowest BCUT2D eigenvalue weighted by atomic mass is 10.2. The fraction of sp³-hybridized carbons (Fsp3) is 0. The Bertz CT molecular complexity index is 688. The molecule has 0 amide bonds. The first-order valence-electron chi connectivity index (χ1n) is 5.31. The van der Waals surface area contributed by atoms with Gasteiger partial charge in [-0.25, -0.2) is 4.79 Å². The molecule has 4 nitrogen and oxygen atoms in total. The summed E-state index contributed by atoms with van der Waals surface area (Å²) in [7, 11) is 0. The normalized spacial score (nSPS) is 10.5. The zero-order valence-electron chi connectivity index (χ0n) is 9.80. The minimum Gasteiger partial charge on any atom is -0.507 e. The molecule has 0 saturated carbocycles. The van der Waals surface area contributed by atoms with Crippen molar-refractivity contribution in [1.82, 2.24) is 0 Å². The summed E-state index contributed by atoms with van der Waals surface area (Å²) in [6.45, 7) is 0. The molecule has 0 aliphatic rings. The molecular formula is C13H8Cl2O4S. The molecule has 0 aromatic heterocycles. The van der Waals surface area contributed by atoms with Crippen LogP contribution >= 0.6 is 35.0 Å². The first kappa shape index (κ1) is 14.8. The van der Waals surface area contributed by atoms with Crippen molar-refractivity contribution in [3.05, 3.63) is 45.9 Å². The molecule has 0 spiro atoms. The van der Waals surface area contributed by atoms with E-state index in [-0.39, 0.29) is 27.0 Å². The van der Waals surface area contributed by atoms with Gasteiger partial charge in [-0.1, -0.05) is 35.0 Å².